The van der Waals surface area contributed by atoms with Crippen LogP contribution in [0.1, 0.15) is 40.0 Å². The highest BCUT2D eigenvalue weighted by molar-refractivity contribution is 4.91. The molecular weight excluding hydrogens is 212 g/mol. The van der Waals surface area contributed by atoms with Crippen molar-refractivity contribution in [2.75, 3.05) is 32.8 Å². The minimum atomic E-state index is 0.397. The zero-order valence-corrected chi connectivity index (χ0v) is 11.7. The molecule has 2 heterocycles. The number of rotatable bonds is 4. The van der Waals surface area contributed by atoms with Crippen molar-refractivity contribution in [3.63, 3.8) is 0 Å². The van der Waals surface area contributed by atoms with Gasteiger partial charge < -0.3 is 10.1 Å². The molecule has 2 fully saturated rings. The molecule has 2 saturated heterocycles. The summed E-state index contributed by atoms with van der Waals surface area (Å²) in [6, 6.07) is 0.658. The SMILES string of the molecule is CCNC1CCOCC1CN1CCCC1(C)C. The van der Waals surface area contributed by atoms with Gasteiger partial charge in [-0.15, -0.1) is 0 Å². The van der Waals surface area contributed by atoms with Crippen molar-refractivity contribution in [2.45, 2.75) is 51.6 Å². The molecule has 2 unspecified atom stereocenters. The third-order valence-corrected chi connectivity index (χ3v) is 4.47. The van der Waals surface area contributed by atoms with Gasteiger partial charge >= 0.3 is 0 Å². The second kappa shape index (κ2) is 5.68. The molecule has 0 aromatic rings. The highest BCUT2D eigenvalue weighted by atomic mass is 16.5. The Morgan fingerprint density at radius 3 is 2.88 bits per heavy atom. The quantitative estimate of drug-likeness (QED) is 0.812. The van der Waals surface area contributed by atoms with Crippen LogP contribution in [0.25, 0.3) is 0 Å². The minimum Gasteiger partial charge on any atom is -0.381 e. The highest BCUT2D eigenvalue weighted by Crippen LogP contribution is 2.30. The van der Waals surface area contributed by atoms with Gasteiger partial charge in [0.25, 0.3) is 0 Å². The largest absolute Gasteiger partial charge is 0.381 e. The molecule has 0 radical (unpaired) electrons. The summed E-state index contributed by atoms with van der Waals surface area (Å²) in [4.78, 5) is 2.66. The predicted octanol–water partition coefficient (Wildman–Crippen LogP) is 1.88. The number of hydrogen-bond donors (Lipinski definition) is 1. The molecule has 2 rings (SSSR count). The Hall–Kier alpha value is -0.120. The Morgan fingerprint density at radius 2 is 2.24 bits per heavy atom. The van der Waals surface area contributed by atoms with Crippen molar-refractivity contribution >= 4 is 0 Å². The van der Waals surface area contributed by atoms with Crippen LogP contribution in [0.2, 0.25) is 0 Å². The Labute approximate surface area is 106 Å². The summed E-state index contributed by atoms with van der Waals surface area (Å²) < 4.78 is 5.67. The van der Waals surface area contributed by atoms with Crippen LogP contribution >= 0.6 is 0 Å². The molecular formula is C14H28N2O. The molecule has 2 aliphatic rings. The van der Waals surface area contributed by atoms with Gasteiger partial charge in [0, 0.05) is 30.7 Å². The Balaban J connectivity index is 1.91. The van der Waals surface area contributed by atoms with Crippen LogP contribution in [0.4, 0.5) is 0 Å². The molecule has 0 saturated carbocycles. The van der Waals surface area contributed by atoms with Crippen LogP contribution in [-0.2, 0) is 4.74 Å². The molecule has 3 heteroatoms. The van der Waals surface area contributed by atoms with Gasteiger partial charge in [-0.2, -0.15) is 0 Å². The molecule has 0 aromatic heterocycles. The first-order valence-corrected chi connectivity index (χ1v) is 7.19. The van der Waals surface area contributed by atoms with Gasteiger partial charge in [-0.05, 0) is 46.2 Å². The highest BCUT2D eigenvalue weighted by Gasteiger charge is 2.35. The van der Waals surface area contributed by atoms with Crippen LogP contribution in [0.3, 0.4) is 0 Å². The Kier molecular flexibility index (Phi) is 4.45. The van der Waals surface area contributed by atoms with Crippen LogP contribution in [0, 0.1) is 5.92 Å². The Morgan fingerprint density at radius 1 is 1.41 bits per heavy atom. The maximum Gasteiger partial charge on any atom is 0.0521 e. The molecule has 2 atom stereocenters. The first kappa shape index (κ1) is 13.3. The van der Waals surface area contributed by atoms with E-state index in [2.05, 4.69) is 31.0 Å². The van der Waals surface area contributed by atoms with Gasteiger partial charge in [0.15, 0.2) is 0 Å². The molecule has 0 bridgehead atoms. The number of nitrogens with one attached hydrogen (secondary N) is 1. The monoisotopic (exact) mass is 240 g/mol. The van der Waals surface area contributed by atoms with E-state index in [0.29, 0.717) is 17.5 Å². The normalized spacial score (nSPS) is 34.1. The number of likely N-dealkylation sites (tertiary alicyclic amines) is 1. The van der Waals surface area contributed by atoms with E-state index in [9.17, 15) is 0 Å². The van der Waals surface area contributed by atoms with Crippen molar-refractivity contribution in [1.29, 1.82) is 0 Å². The van der Waals surface area contributed by atoms with E-state index in [4.69, 9.17) is 4.74 Å². The van der Waals surface area contributed by atoms with Gasteiger partial charge in [0.2, 0.25) is 0 Å². The lowest BCUT2D eigenvalue weighted by atomic mass is 9.93. The topological polar surface area (TPSA) is 24.5 Å². The van der Waals surface area contributed by atoms with Gasteiger partial charge in [-0.25, -0.2) is 0 Å². The summed E-state index contributed by atoms with van der Waals surface area (Å²) in [6.07, 6.45) is 3.87. The molecule has 100 valence electrons. The summed E-state index contributed by atoms with van der Waals surface area (Å²) in [5, 5.41) is 3.63. The third-order valence-electron chi connectivity index (χ3n) is 4.47. The van der Waals surface area contributed by atoms with Crippen molar-refractivity contribution in [2.24, 2.45) is 5.92 Å². The fourth-order valence-electron chi connectivity index (χ4n) is 3.29. The molecule has 2 aliphatic heterocycles. The summed E-state index contributed by atoms with van der Waals surface area (Å²) in [7, 11) is 0. The maximum atomic E-state index is 5.67. The lowest BCUT2D eigenvalue weighted by Gasteiger charge is -2.39. The Bertz CT molecular complexity index is 240. The van der Waals surface area contributed by atoms with Gasteiger partial charge in [0.05, 0.1) is 6.61 Å². The van der Waals surface area contributed by atoms with E-state index in [1.807, 2.05) is 0 Å². The van der Waals surface area contributed by atoms with E-state index in [1.54, 1.807) is 0 Å². The lowest BCUT2D eigenvalue weighted by molar-refractivity contribution is 0.00791. The number of ether oxygens (including phenoxy) is 1. The molecule has 17 heavy (non-hydrogen) atoms. The first-order chi connectivity index (χ1) is 8.13. The predicted molar refractivity (Wildman–Crippen MR) is 71.3 cm³/mol. The van der Waals surface area contributed by atoms with Crippen molar-refractivity contribution < 1.29 is 4.74 Å². The van der Waals surface area contributed by atoms with Crippen LogP contribution in [-0.4, -0.2) is 49.3 Å². The van der Waals surface area contributed by atoms with Crippen molar-refractivity contribution in [3.8, 4) is 0 Å². The number of hydrogen-bond acceptors (Lipinski definition) is 3. The second-order valence-corrected chi connectivity index (χ2v) is 6.15. The molecule has 0 amide bonds. The summed E-state index contributed by atoms with van der Waals surface area (Å²) in [5.41, 5.74) is 0.397. The van der Waals surface area contributed by atoms with Crippen LogP contribution < -0.4 is 5.32 Å². The zero-order valence-electron chi connectivity index (χ0n) is 11.7. The maximum absolute atomic E-state index is 5.67. The standard InChI is InChI=1S/C14H28N2O/c1-4-15-13-6-9-17-11-12(13)10-16-8-5-7-14(16,2)3/h12-13,15H,4-11H2,1-3H3. The summed E-state index contributed by atoms with van der Waals surface area (Å²) >= 11 is 0. The second-order valence-electron chi connectivity index (χ2n) is 6.15. The van der Waals surface area contributed by atoms with E-state index in [-0.39, 0.29) is 0 Å². The third kappa shape index (κ3) is 3.21. The van der Waals surface area contributed by atoms with Crippen LogP contribution in [0.5, 0.6) is 0 Å². The molecule has 0 aliphatic carbocycles. The lowest BCUT2D eigenvalue weighted by Crippen LogP contribution is -2.50. The van der Waals surface area contributed by atoms with Gasteiger partial charge in [-0.3, -0.25) is 4.90 Å². The van der Waals surface area contributed by atoms with E-state index in [1.165, 1.54) is 32.4 Å². The summed E-state index contributed by atoms with van der Waals surface area (Å²) in [6.45, 7) is 12.4. The smallest absolute Gasteiger partial charge is 0.0521 e. The fourth-order valence-corrected chi connectivity index (χ4v) is 3.29. The van der Waals surface area contributed by atoms with Crippen LogP contribution in [0.15, 0.2) is 0 Å². The molecule has 0 spiro atoms. The van der Waals surface area contributed by atoms with E-state index >= 15 is 0 Å². The minimum absolute atomic E-state index is 0.397. The average molecular weight is 240 g/mol. The summed E-state index contributed by atoms with van der Waals surface area (Å²) in [5.74, 6) is 0.668. The molecule has 3 nitrogen and oxygen atoms in total. The van der Waals surface area contributed by atoms with Gasteiger partial charge in [-0.1, -0.05) is 6.92 Å². The number of nitrogens with zero attached hydrogens (tertiary/aromatic N) is 1. The van der Waals surface area contributed by atoms with E-state index < -0.39 is 0 Å². The first-order valence-electron chi connectivity index (χ1n) is 7.19. The average Bonchev–Trinajstić information content (AvgIpc) is 2.61. The van der Waals surface area contributed by atoms with E-state index in [0.717, 1.165) is 19.8 Å². The van der Waals surface area contributed by atoms with Crippen molar-refractivity contribution in [3.05, 3.63) is 0 Å². The van der Waals surface area contributed by atoms with Crippen molar-refractivity contribution in [1.82, 2.24) is 10.2 Å². The molecule has 1 N–H and O–H groups in total. The van der Waals surface area contributed by atoms with Gasteiger partial charge in [0.1, 0.15) is 0 Å². The zero-order chi connectivity index (χ0) is 12.3. The molecule has 0 aromatic carbocycles. The fraction of sp³-hybridized carbons (Fsp3) is 1.00.